The zero-order valence-corrected chi connectivity index (χ0v) is 13.9. The summed E-state index contributed by atoms with van der Waals surface area (Å²) in [5.41, 5.74) is 2.29. The van der Waals surface area contributed by atoms with Crippen LogP contribution in [0.5, 0.6) is 0 Å². The monoisotopic (exact) mass is 333 g/mol. The summed E-state index contributed by atoms with van der Waals surface area (Å²) in [6.07, 6.45) is 2.04. The largest absolute Gasteiger partial charge is 0.394 e. The van der Waals surface area contributed by atoms with E-state index in [1.54, 1.807) is 11.3 Å². The molecule has 1 heterocycles. The molecule has 0 fully saturated rings. The number of amides is 1. The molecule has 0 saturated carbocycles. The van der Waals surface area contributed by atoms with Crippen molar-refractivity contribution in [2.75, 3.05) is 19.8 Å². The van der Waals surface area contributed by atoms with Gasteiger partial charge in [0.2, 0.25) is 5.91 Å². The Labute approximate surface area is 141 Å². The van der Waals surface area contributed by atoms with Crippen LogP contribution in [0.4, 0.5) is 0 Å². The van der Waals surface area contributed by atoms with Gasteiger partial charge in [-0.05, 0) is 40.8 Å². The van der Waals surface area contributed by atoms with Crippen molar-refractivity contribution in [1.29, 1.82) is 0 Å². The summed E-state index contributed by atoms with van der Waals surface area (Å²) in [6.45, 7) is 0.678. The number of aryl methyl sites for hydroxylation is 1. The van der Waals surface area contributed by atoms with E-state index in [0.29, 0.717) is 13.0 Å². The van der Waals surface area contributed by atoms with Crippen molar-refractivity contribution in [2.45, 2.75) is 25.4 Å². The van der Waals surface area contributed by atoms with Gasteiger partial charge in [0, 0.05) is 13.0 Å². The van der Waals surface area contributed by atoms with Gasteiger partial charge in [0.15, 0.2) is 0 Å². The van der Waals surface area contributed by atoms with Gasteiger partial charge in [-0.15, -0.1) is 0 Å². The fourth-order valence-corrected chi connectivity index (χ4v) is 3.02. The summed E-state index contributed by atoms with van der Waals surface area (Å²) in [4.78, 5) is 12.0. The van der Waals surface area contributed by atoms with Crippen molar-refractivity contribution in [2.24, 2.45) is 0 Å². The van der Waals surface area contributed by atoms with Gasteiger partial charge in [-0.25, -0.2) is 0 Å². The third kappa shape index (κ3) is 6.52. The lowest BCUT2D eigenvalue weighted by molar-refractivity contribution is -0.121. The molecule has 1 unspecified atom stereocenters. The van der Waals surface area contributed by atoms with E-state index in [-0.39, 0.29) is 25.2 Å². The first-order valence-electron chi connectivity index (χ1n) is 7.85. The number of hydrogen-bond acceptors (Lipinski definition) is 4. The highest BCUT2D eigenvalue weighted by atomic mass is 32.1. The second-order valence-corrected chi connectivity index (χ2v) is 6.06. The Bertz CT molecular complexity index is 557. The number of aliphatic hydroxyl groups excluding tert-OH is 1. The Balaban J connectivity index is 1.71. The van der Waals surface area contributed by atoms with Crippen LogP contribution in [0.3, 0.4) is 0 Å². The number of aliphatic hydroxyl groups is 1. The molecule has 0 aliphatic heterocycles. The Morgan fingerprint density at radius 3 is 2.78 bits per heavy atom. The summed E-state index contributed by atoms with van der Waals surface area (Å²) in [5.74, 6) is 0.0359. The highest BCUT2D eigenvalue weighted by molar-refractivity contribution is 7.07. The van der Waals surface area contributed by atoms with Gasteiger partial charge in [0.25, 0.3) is 0 Å². The minimum atomic E-state index is -0.202. The number of hydrogen-bond donors (Lipinski definition) is 2. The van der Waals surface area contributed by atoms with Crippen LogP contribution in [0.25, 0.3) is 0 Å². The van der Waals surface area contributed by atoms with E-state index in [2.05, 4.69) is 17.4 Å². The molecule has 0 saturated heterocycles. The molecule has 124 valence electrons. The van der Waals surface area contributed by atoms with Crippen LogP contribution < -0.4 is 5.32 Å². The lowest BCUT2D eigenvalue weighted by Crippen LogP contribution is -2.29. The topological polar surface area (TPSA) is 58.6 Å². The first-order chi connectivity index (χ1) is 11.3. The lowest BCUT2D eigenvalue weighted by Gasteiger charge is -2.17. The SMILES string of the molecule is O=C(CCCc1ccccc1)NCC(OCCO)c1ccsc1. The van der Waals surface area contributed by atoms with E-state index in [9.17, 15) is 4.79 Å². The van der Waals surface area contributed by atoms with Crippen LogP contribution in [-0.4, -0.2) is 30.8 Å². The van der Waals surface area contributed by atoms with Crippen LogP contribution in [0.2, 0.25) is 0 Å². The fourth-order valence-electron chi connectivity index (χ4n) is 2.32. The second kappa shape index (κ2) is 10.2. The van der Waals surface area contributed by atoms with E-state index in [4.69, 9.17) is 9.84 Å². The van der Waals surface area contributed by atoms with E-state index in [1.807, 2.05) is 35.0 Å². The van der Waals surface area contributed by atoms with Gasteiger partial charge in [-0.2, -0.15) is 11.3 Å². The van der Waals surface area contributed by atoms with Gasteiger partial charge in [-0.3, -0.25) is 4.79 Å². The molecule has 1 amide bonds. The Kier molecular flexibility index (Phi) is 7.80. The molecule has 2 N–H and O–H groups in total. The number of thiophene rings is 1. The number of ether oxygens (including phenoxy) is 1. The number of carbonyl (C=O) groups excluding carboxylic acids is 1. The van der Waals surface area contributed by atoms with Crippen LogP contribution in [0.15, 0.2) is 47.2 Å². The molecular weight excluding hydrogens is 310 g/mol. The maximum absolute atomic E-state index is 12.0. The van der Waals surface area contributed by atoms with Gasteiger partial charge >= 0.3 is 0 Å². The van der Waals surface area contributed by atoms with Crippen molar-refractivity contribution in [3.8, 4) is 0 Å². The quantitative estimate of drug-likeness (QED) is 0.703. The van der Waals surface area contributed by atoms with Crippen molar-refractivity contribution < 1.29 is 14.6 Å². The lowest BCUT2D eigenvalue weighted by atomic mass is 10.1. The van der Waals surface area contributed by atoms with Gasteiger partial charge in [-0.1, -0.05) is 30.3 Å². The molecule has 0 radical (unpaired) electrons. The smallest absolute Gasteiger partial charge is 0.220 e. The molecule has 0 aliphatic carbocycles. The molecule has 2 rings (SSSR count). The Morgan fingerprint density at radius 1 is 1.26 bits per heavy atom. The van der Waals surface area contributed by atoms with Crippen LogP contribution >= 0.6 is 11.3 Å². The van der Waals surface area contributed by atoms with Crippen molar-refractivity contribution in [1.82, 2.24) is 5.32 Å². The highest BCUT2D eigenvalue weighted by Crippen LogP contribution is 2.19. The molecule has 0 aliphatic rings. The first kappa shape index (κ1) is 17.7. The van der Waals surface area contributed by atoms with Gasteiger partial charge < -0.3 is 15.2 Å². The maximum Gasteiger partial charge on any atom is 0.220 e. The summed E-state index contributed by atoms with van der Waals surface area (Å²) >= 11 is 1.59. The van der Waals surface area contributed by atoms with Crippen LogP contribution in [-0.2, 0) is 16.0 Å². The Morgan fingerprint density at radius 2 is 2.09 bits per heavy atom. The number of nitrogens with one attached hydrogen (secondary N) is 1. The van der Waals surface area contributed by atoms with E-state index >= 15 is 0 Å². The minimum Gasteiger partial charge on any atom is -0.394 e. The molecule has 1 atom stereocenters. The minimum absolute atomic E-state index is 0.0222. The molecule has 0 spiro atoms. The number of rotatable bonds is 10. The number of carbonyl (C=O) groups is 1. The molecule has 2 aromatic rings. The van der Waals surface area contributed by atoms with Crippen LogP contribution in [0, 0.1) is 0 Å². The predicted octanol–water partition coefficient (Wildman–Crippen LogP) is 2.94. The average Bonchev–Trinajstić information content (AvgIpc) is 3.10. The Hall–Kier alpha value is -1.69. The van der Waals surface area contributed by atoms with Gasteiger partial charge in [0.1, 0.15) is 6.10 Å². The average molecular weight is 333 g/mol. The highest BCUT2D eigenvalue weighted by Gasteiger charge is 2.13. The van der Waals surface area contributed by atoms with E-state index in [0.717, 1.165) is 18.4 Å². The molecule has 1 aromatic carbocycles. The predicted molar refractivity (Wildman–Crippen MR) is 92.5 cm³/mol. The zero-order valence-electron chi connectivity index (χ0n) is 13.1. The summed E-state index contributed by atoms with van der Waals surface area (Å²) < 4.78 is 5.60. The molecule has 1 aromatic heterocycles. The summed E-state index contributed by atoms with van der Waals surface area (Å²) in [6, 6.07) is 12.2. The fraction of sp³-hybridized carbons (Fsp3) is 0.389. The van der Waals surface area contributed by atoms with Gasteiger partial charge in [0.05, 0.1) is 13.2 Å². The molecular formula is C18H23NO3S. The maximum atomic E-state index is 12.0. The van der Waals surface area contributed by atoms with Crippen molar-refractivity contribution >= 4 is 17.2 Å². The molecule has 4 nitrogen and oxygen atoms in total. The first-order valence-corrected chi connectivity index (χ1v) is 8.79. The molecule has 23 heavy (non-hydrogen) atoms. The standard InChI is InChI=1S/C18H23NO3S/c20-10-11-22-17(16-9-12-23-14-16)13-19-18(21)8-4-7-15-5-2-1-3-6-15/h1-3,5-6,9,12,14,17,20H,4,7-8,10-11,13H2,(H,19,21). The van der Waals surface area contributed by atoms with Crippen molar-refractivity contribution in [3.05, 3.63) is 58.3 Å². The van der Waals surface area contributed by atoms with E-state index in [1.165, 1.54) is 5.56 Å². The third-order valence-electron chi connectivity index (χ3n) is 3.52. The van der Waals surface area contributed by atoms with Crippen LogP contribution in [0.1, 0.15) is 30.1 Å². The van der Waals surface area contributed by atoms with E-state index < -0.39 is 0 Å². The molecule has 5 heteroatoms. The third-order valence-corrected chi connectivity index (χ3v) is 4.22. The summed E-state index contributed by atoms with van der Waals surface area (Å²) in [5, 5.41) is 15.8. The zero-order chi connectivity index (χ0) is 16.3. The van der Waals surface area contributed by atoms with Crippen molar-refractivity contribution in [3.63, 3.8) is 0 Å². The number of benzene rings is 1. The summed E-state index contributed by atoms with van der Waals surface area (Å²) in [7, 11) is 0. The normalized spacial score (nSPS) is 12.0. The second-order valence-electron chi connectivity index (χ2n) is 5.28. The molecule has 0 bridgehead atoms.